The number of carbonyl (C=O) groups is 2. The lowest BCUT2D eigenvalue weighted by Crippen LogP contribution is -2.61. The summed E-state index contributed by atoms with van der Waals surface area (Å²) in [5.41, 5.74) is 0. The molecule has 0 aliphatic carbocycles. The summed E-state index contributed by atoms with van der Waals surface area (Å²) in [7, 11) is 0. The lowest BCUT2D eigenvalue weighted by molar-refractivity contribution is -0.305. The van der Waals surface area contributed by atoms with Gasteiger partial charge in [0.2, 0.25) is 5.91 Å². The lowest BCUT2D eigenvalue weighted by atomic mass is 9.99. The number of ether oxygens (including phenoxy) is 3. The first-order chi connectivity index (χ1) is 38.7. The second-order valence-corrected chi connectivity index (χ2v) is 23.2. The van der Waals surface area contributed by atoms with Crippen LogP contribution >= 0.6 is 0 Å². The molecule has 0 aromatic carbocycles. The third-order valence-corrected chi connectivity index (χ3v) is 15.7. The molecule has 0 saturated carbocycles. The summed E-state index contributed by atoms with van der Waals surface area (Å²) >= 11 is 0. The molecular formula is C68H125NO10. The third-order valence-electron chi connectivity index (χ3n) is 15.7. The van der Waals surface area contributed by atoms with Crippen molar-refractivity contribution in [1.29, 1.82) is 0 Å². The minimum atomic E-state index is -1.61. The number of unbranched alkanes of at least 4 members (excludes halogenated alkanes) is 37. The quantitative estimate of drug-likeness (QED) is 0.0195. The lowest BCUT2D eigenvalue weighted by Gasteiger charge is -2.41. The van der Waals surface area contributed by atoms with Crippen LogP contribution in [0.25, 0.3) is 0 Å². The highest BCUT2D eigenvalue weighted by Crippen LogP contribution is 2.26. The average molecular weight is 1120 g/mol. The minimum absolute atomic E-state index is 0.127. The van der Waals surface area contributed by atoms with Crippen molar-refractivity contribution >= 4 is 11.9 Å². The van der Waals surface area contributed by atoms with Gasteiger partial charge in [0.15, 0.2) is 12.4 Å². The largest absolute Gasteiger partial charge is 0.454 e. The molecule has 11 nitrogen and oxygen atoms in total. The van der Waals surface area contributed by atoms with Gasteiger partial charge in [-0.05, 0) is 64.2 Å². The number of hydrogen-bond donors (Lipinski definition) is 6. The van der Waals surface area contributed by atoms with Crippen LogP contribution in [-0.2, 0) is 23.8 Å². The number of carbonyl (C=O) groups excluding carboxylic acids is 2. The smallest absolute Gasteiger partial charge is 0.306 e. The molecule has 1 rings (SSSR count). The Kier molecular flexibility index (Phi) is 53.0. The Morgan fingerprint density at radius 1 is 0.494 bits per heavy atom. The first-order valence-electron chi connectivity index (χ1n) is 33.4. The average Bonchev–Trinajstić information content (AvgIpc) is 3.45. The third kappa shape index (κ3) is 43.9. The number of amides is 1. The van der Waals surface area contributed by atoms with Gasteiger partial charge in [-0.2, -0.15) is 0 Å². The van der Waals surface area contributed by atoms with Gasteiger partial charge >= 0.3 is 5.97 Å². The molecule has 462 valence electrons. The van der Waals surface area contributed by atoms with Crippen molar-refractivity contribution in [2.75, 3.05) is 13.2 Å². The Bertz CT molecular complexity index is 1470. The van der Waals surface area contributed by atoms with Crippen LogP contribution in [0.1, 0.15) is 310 Å². The van der Waals surface area contributed by atoms with Crippen molar-refractivity contribution in [3.63, 3.8) is 0 Å². The van der Waals surface area contributed by atoms with Crippen molar-refractivity contribution in [2.45, 2.75) is 359 Å². The molecule has 1 fully saturated rings. The van der Waals surface area contributed by atoms with Gasteiger partial charge in [-0.1, -0.05) is 288 Å². The van der Waals surface area contributed by atoms with E-state index in [-0.39, 0.29) is 19.4 Å². The molecule has 1 heterocycles. The molecule has 0 aromatic heterocycles. The van der Waals surface area contributed by atoms with Crippen molar-refractivity contribution < 1.29 is 49.3 Å². The Hall–Kier alpha value is -2.38. The van der Waals surface area contributed by atoms with Crippen LogP contribution in [0, 0.1) is 0 Å². The van der Waals surface area contributed by atoms with Gasteiger partial charge in [0.1, 0.15) is 24.4 Å². The van der Waals surface area contributed by atoms with Crippen molar-refractivity contribution in [1.82, 2.24) is 5.32 Å². The standard InChI is InChI=1S/C68H125NO10/c1-4-7-10-13-16-19-22-24-26-28-29-30-31-32-34-35-37-40-43-46-49-52-55-61(72)67(76)69-59(60(71)54-51-48-45-42-39-21-18-15-12-9-6-3)58-77-68-66(65(75)64(74)62(57-70)78-68)79-63(73)56-53-50-47-44-41-38-36-33-27-25-23-20-17-14-11-8-5-2/h16,19,24,26,29-30,51,54,59-62,64-66,68,70-72,74-75H,4-15,17-18,20-23,25,27-28,31-50,52-53,55-58H2,1-3H3,(H,69,76)/b19-16-,26-24-,30-29-,54-51+. The number of esters is 1. The number of aliphatic hydroxyl groups is 5. The number of aliphatic hydroxyl groups excluding tert-OH is 5. The van der Waals surface area contributed by atoms with E-state index in [1.165, 1.54) is 186 Å². The summed E-state index contributed by atoms with van der Waals surface area (Å²) in [6.45, 7) is 5.78. The topological polar surface area (TPSA) is 175 Å². The maximum atomic E-state index is 13.4. The number of hydrogen-bond acceptors (Lipinski definition) is 10. The summed E-state index contributed by atoms with van der Waals surface area (Å²) < 4.78 is 17.7. The van der Waals surface area contributed by atoms with Crippen LogP contribution in [0.3, 0.4) is 0 Å². The van der Waals surface area contributed by atoms with Gasteiger partial charge in [0.05, 0.1) is 25.4 Å². The van der Waals surface area contributed by atoms with E-state index in [4.69, 9.17) is 14.2 Å². The number of allylic oxidation sites excluding steroid dienone is 7. The summed E-state index contributed by atoms with van der Waals surface area (Å²) in [5.74, 6) is -1.19. The van der Waals surface area contributed by atoms with Crippen molar-refractivity contribution in [3.05, 3.63) is 48.6 Å². The van der Waals surface area contributed by atoms with Gasteiger partial charge < -0.3 is 45.1 Å². The predicted molar refractivity (Wildman–Crippen MR) is 329 cm³/mol. The first-order valence-corrected chi connectivity index (χ1v) is 33.4. The van der Waals surface area contributed by atoms with E-state index in [9.17, 15) is 35.1 Å². The van der Waals surface area contributed by atoms with Gasteiger partial charge in [0.25, 0.3) is 0 Å². The summed E-state index contributed by atoms with van der Waals surface area (Å²) in [5, 5.41) is 57.1. The zero-order chi connectivity index (χ0) is 57.5. The van der Waals surface area contributed by atoms with Gasteiger partial charge in [-0.3, -0.25) is 9.59 Å². The monoisotopic (exact) mass is 1120 g/mol. The predicted octanol–water partition coefficient (Wildman–Crippen LogP) is 16.4. The van der Waals surface area contributed by atoms with E-state index >= 15 is 0 Å². The maximum Gasteiger partial charge on any atom is 0.306 e. The first kappa shape index (κ1) is 74.6. The van der Waals surface area contributed by atoms with Crippen molar-refractivity contribution in [2.24, 2.45) is 0 Å². The number of rotatable bonds is 57. The zero-order valence-electron chi connectivity index (χ0n) is 51.2. The molecule has 0 bridgehead atoms. The van der Waals surface area contributed by atoms with E-state index in [2.05, 4.69) is 62.5 Å². The Morgan fingerprint density at radius 3 is 1.33 bits per heavy atom. The van der Waals surface area contributed by atoms with E-state index < -0.39 is 67.4 Å². The van der Waals surface area contributed by atoms with Crippen LogP contribution in [0.5, 0.6) is 0 Å². The van der Waals surface area contributed by atoms with Crippen LogP contribution in [-0.4, -0.2) is 99.6 Å². The summed E-state index contributed by atoms with van der Waals surface area (Å²) in [4.78, 5) is 26.6. The van der Waals surface area contributed by atoms with Crippen molar-refractivity contribution in [3.8, 4) is 0 Å². The molecule has 0 radical (unpaired) electrons. The Morgan fingerprint density at radius 2 is 0.873 bits per heavy atom. The van der Waals surface area contributed by atoms with E-state index in [1.54, 1.807) is 6.08 Å². The SMILES string of the molecule is CCCCC/C=C\C/C=C\C/C=C\CCCCCCCCCCCC(O)C(=O)NC(COC1OC(CO)C(O)C(O)C1OC(=O)CCCCCCCCCCCCCCCCCCC)C(O)/C=C/CCCCCCCCCCC. The molecule has 1 amide bonds. The van der Waals surface area contributed by atoms with Crippen LogP contribution in [0.2, 0.25) is 0 Å². The van der Waals surface area contributed by atoms with Crippen LogP contribution in [0.4, 0.5) is 0 Å². The van der Waals surface area contributed by atoms with E-state index in [1.807, 2.05) is 6.08 Å². The molecule has 1 aliphatic rings. The molecule has 79 heavy (non-hydrogen) atoms. The fourth-order valence-corrected chi connectivity index (χ4v) is 10.4. The molecule has 0 aromatic rings. The molecule has 11 heteroatoms. The molecular weight excluding hydrogens is 991 g/mol. The van der Waals surface area contributed by atoms with Gasteiger partial charge in [0, 0.05) is 6.42 Å². The molecule has 0 spiro atoms. The normalized spacial score (nSPS) is 19.1. The van der Waals surface area contributed by atoms with Gasteiger partial charge in [-0.25, -0.2) is 0 Å². The summed E-state index contributed by atoms with van der Waals surface area (Å²) in [6.07, 6.45) is 58.6. The summed E-state index contributed by atoms with van der Waals surface area (Å²) in [6, 6.07) is -1.02. The van der Waals surface area contributed by atoms with Crippen LogP contribution < -0.4 is 5.32 Å². The van der Waals surface area contributed by atoms with Gasteiger partial charge in [-0.15, -0.1) is 0 Å². The second-order valence-electron chi connectivity index (χ2n) is 23.2. The highest BCUT2D eigenvalue weighted by Gasteiger charge is 2.47. The molecule has 1 aliphatic heterocycles. The fourth-order valence-electron chi connectivity index (χ4n) is 10.4. The molecule has 6 N–H and O–H groups in total. The Labute approximate surface area is 485 Å². The maximum absolute atomic E-state index is 13.4. The minimum Gasteiger partial charge on any atom is -0.454 e. The Balaban J connectivity index is 2.61. The highest BCUT2D eigenvalue weighted by atomic mass is 16.7. The zero-order valence-corrected chi connectivity index (χ0v) is 51.2. The van der Waals surface area contributed by atoms with Crippen LogP contribution in [0.15, 0.2) is 48.6 Å². The molecule has 1 saturated heterocycles. The molecule has 8 atom stereocenters. The molecule has 8 unspecified atom stereocenters. The second kappa shape index (κ2) is 56.1. The highest BCUT2D eigenvalue weighted by molar-refractivity contribution is 5.80. The number of nitrogens with one attached hydrogen (secondary N) is 1. The fraction of sp³-hybridized carbons (Fsp3) is 0.853. The van der Waals surface area contributed by atoms with E-state index in [0.717, 1.165) is 77.0 Å². The van der Waals surface area contributed by atoms with E-state index in [0.29, 0.717) is 12.8 Å².